The lowest BCUT2D eigenvalue weighted by atomic mass is 10.1. The number of nitrogens with one attached hydrogen (secondary N) is 1. The molecule has 3 aromatic rings. The first kappa shape index (κ1) is 12.7. The van der Waals surface area contributed by atoms with Crippen molar-refractivity contribution in [2.24, 2.45) is 0 Å². The zero-order valence-corrected chi connectivity index (χ0v) is 11.8. The fourth-order valence-corrected chi connectivity index (χ4v) is 2.61. The molecule has 4 nitrogen and oxygen atoms in total. The highest BCUT2D eigenvalue weighted by Crippen LogP contribution is 2.32. The summed E-state index contributed by atoms with van der Waals surface area (Å²) in [6.07, 6.45) is 0.680. The number of aryl methyl sites for hydroxylation is 2. The summed E-state index contributed by atoms with van der Waals surface area (Å²) in [6.45, 7) is 5.71. The Labute approximate surface area is 116 Å². The van der Waals surface area contributed by atoms with Gasteiger partial charge in [0.1, 0.15) is 17.2 Å². The molecule has 0 fully saturated rings. The van der Waals surface area contributed by atoms with Crippen LogP contribution in [0.1, 0.15) is 23.9 Å². The van der Waals surface area contributed by atoms with Crippen LogP contribution >= 0.6 is 0 Å². The molecule has 2 aromatic heterocycles. The number of hydrogen-bond donors (Lipinski definition) is 1. The Morgan fingerprint density at radius 1 is 1.25 bits per heavy atom. The van der Waals surface area contributed by atoms with Crippen LogP contribution in [0.4, 0.5) is 0 Å². The summed E-state index contributed by atoms with van der Waals surface area (Å²) in [5.41, 5.74) is 3.11. The summed E-state index contributed by atoms with van der Waals surface area (Å²) < 4.78 is 5.73. The Bertz CT molecular complexity index is 843. The quantitative estimate of drug-likeness (QED) is 0.775. The Balaban J connectivity index is 2.31. The SMILES string of the molecule is CCc1c(C)nc(-c2c(C)oc3ccccc23)[nH]c1=O. The molecule has 20 heavy (non-hydrogen) atoms. The average molecular weight is 268 g/mol. The minimum Gasteiger partial charge on any atom is -0.461 e. The second-order valence-electron chi connectivity index (χ2n) is 4.86. The highest BCUT2D eigenvalue weighted by Gasteiger charge is 2.16. The Kier molecular flexibility index (Phi) is 2.93. The standard InChI is InChI=1S/C16H16N2O2/c1-4-11-9(2)17-15(18-16(11)19)14-10(3)20-13-8-6-5-7-12(13)14/h5-8H,4H2,1-3H3,(H,17,18,19). The molecule has 0 amide bonds. The maximum Gasteiger partial charge on any atom is 0.254 e. The van der Waals surface area contributed by atoms with Crippen LogP contribution < -0.4 is 5.56 Å². The molecular formula is C16H16N2O2. The fourth-order valence-electron chi connectivity index (χ4n) is 2.61. The number of aromatic nitrogens is 2. The van der Waals surface area contributed by atoms with Gasteiger partial charge in [0.2, 0.25) is 0 Å². The predicted octanol–water partition coefficient (Wildman–Crippen LogP) is 3.36. The van der Waals surface area contributed by atoms with Gasteiger partial charge < -0.3 is 9.40 Å². The van der Waals surface area contributed by atoms with E-state index in [-0.39, 0.29) is 5.56 Å². The molecule has 0 aliphatic heterocycles. The van der Waals surface area contributed by atoms with Crippen LogP contribution in [-0.2, 0) is 6.42 Å². The lowest BCUT2D eigenvalue weighted by Gasteiger charge is -2.05. The van der Waals surface area contributed by atoms with E-state index in [1.165, 1.54) is 0 Å². The van der Waals surface area contributed by atoms with Crippen LogP contribution in [0, 0.1) is 13.8 Å². The van der Waals surface area contributed by atoms with Crippen LogP contribution in [0.2, 0.25) is 0 Å². The number of para-hydroxylation sites is 1. The molecule has 2 heterocycles. The van der Waals surface area contributed by atoms with Gasteiger partial charge in [-0.1, -0.05) is 25.1 Å². The Hall–Kier alpha value is -2.36. The zero-order chi connectivity index (χ0) is 14.3. The van der Waals surface area contributed by atoms with Crippen LogP contribution in [0.15, 0.2) is 33.5 Å². The molecule has 3 rings (SSSR count). The van der Waals surface area contributed by atoms with E-state index in [4.69, 9.17) is 4.42 Å². The molecule has 1 N–H and O–H groups in total. The first-order chi connectivity index (χ1) is 9.61. The number of furan rings is 1. The summed E-state index contributed by atoms with van der Waals surface area (Å²) in [5.74, 6) is 1.34. The second kappa shape index (κ2) is 4.63. The average Bonchev–Trinajstić information content (AvgIpc) is 2.74. The molecule has 0 saturated heterocycles. The van der Waals surface area contributed by atoms with Crippen LogP contribution in [0.3, 0.4) is 0 Å². The molecule has 0 atom stereocenters. The molecular weight excluding hydrogens is 252 g/mol. The van der Waals surface area contributed by atoms with Crippen molar-refractivity contribution in [1.82, 2.24) is 9.97 Å². The second-order valence-corrected chi connectivity index (χ2v) is 4.86. The molecule has 102 valence electrons. The summed E-state index contributed by atoms with van der Waals surface area (Å²) in [7, 11) is 0. The molecule has 1 aromatic carbocycles. The summed E-state index contributed by atoms with van der Waals surface area (Å²) in [5, 5.41) is 0.969. The maximum atomic E-state index is 12.1. The number of aromatic amines is 1. The molecule has 0 aliphatic carbocycles. The van der Waals surface area contributed by atoms with Crippen LogP contribution in [-0.4, -0.2) is 9.97 Å². The van der Waals surface area contributed by atoms with E-state index in [0.717, 1.165) is 33.6 Å². The third kappa shape index (κ3) is 1.84. The van der Waals surface area contributed by atoms with E-state index in [1.807, 2.05) is 45.0 Å². The highest BCUT2D eigenvalue weighted by molar-refractivity contribution is 5.93. The number of fused-ring (bicyclic) bond motifs is 1. The van der Waals surface area contributed by atoms with Gasteiger partial charge in [-0.15, -0.1) is 0 Å². The first-order valence-corrected chi connectivity index (χ1v) is 6.70. The van der Waals surface area contributed by atoms with Gasteiger partial charge in [0.05, 0.1) is 5.56 Å². The van der Waals surface area contributed by atoms with E-state index < -0.39 is 0 Å². The van der Waals surface area contributed by atoms with E-state index >= 15 is 0 Å². The van der Waals surface area contributed by atoms with Crippen LogP contribution in [0.5, 0.6) is 0 Å². The third-order valence-corrected chi connectivity index (χ3v) is 3.58. The lowest BCUT2D eigenvalue weighted by Crippen LogP contribution is -2.16. The zero-order valence-electron chi connectivity index (χ0n) is 11.8. The molecule has 0 unspecified atom stereocenters. The number of rotatable bonds is 2. The molecule has 4 heteroatoms. The smallest absolute Gasteiger partial charge is 0.254 e. The van der Waals surface area contributed by atoms with Gasteiger partial charge in [-0.05, 0) is 26.3 Å². The molecule has 0 radical (unpaired) electrons. The Morgan fingerprint density at radius 3 is 2.70 bits per heavy atom. The normalized spacial score (nSPS) is 11.2. The topological polar surface area (TPSA) is 58.9 Å². The van der Waals surface area contributed by atoms with Gasteiger partial charge in [-0.2, -0.15) is 0 Å². The van der Waals surface area contributed by atoms with Crippen molar-refractivity contribution in [2.75, 3.05) is 0 Å². The summed E-state index contributed by atoms with van der Waals surface area (Å²) in [4.78, 5) is 19.5. The minimum absolute atomic E-state index is 0.0697. The highest BCUT2D eigenvalue weighted by atomic mass is 16.3. The van der Waals surface area contributed by atoms with Gasteiger partial charge in [0.25, 0.3) is 5.56 Å². The van der Waals surface area contributed by atoms with E-state index in [2.05, 4.69) is 9.97 Å². The van der Waals surface area contributed by atoms with E-state index in [0.29, 0.717) is 12.2 Å². The fraction of sp³-hybridized carbons (Fsp3) is 0.250. The molecule has 0 bridgehead atoms. The number of nitrogens with zero attached hydrogens (tertiary/aromatic N) is 1. The van der Waals surface area contributed by atoms with Gasteiger partial charge >= 0.3 is 0 Å². The van der Waals surface area contributed by atoms with Crippen molar-refractivity contribution >= 4 is 11.0 Å². The van der Waals surface area contributed by atoms with Crippen molar-refractivity contribution in [3.8, 4) is 11.4 Å². The summed E-state index contributed by atoms with van der Waals surface area (Å²) >= 11 is 0. The van der Waals surface area contributed by atoms with Gasteiger partial charge in [-0.25, -0.2) is 4.98 Å². The minimum atomic E-state index is -0.0697. The van der Waals surface area contributed by atoms with Gasteiger partial charge in [0.15, 0.2) is 0 Å². The molecule has 0 spiro atoms. The molecule has 0 saturated carbocycles. The number of benzene rings is 1. The number of hydrogen-bond acceptors (Lipinski definition) is 3. The van der Waals surface area contributed by atoms with Crippen molar-refractivity contribution in [3.05, 3.63) is 51.6 Å². The van der Waals surface area contributed by atoms with Crippen molar-refractivity contribution in [2.45, 2.75) is 27.2 Å². The van der Waals surface area contributed by atoms with Crippen LogP contribution in [0.25, 0.3) is 22.4 Å². The Morgan fingerprint density at radius 2 is 2.00 bits per heavy atom. The third-order valence-electron chi connectivity index (χ3n) is 3.58. The first-order valence-electron chi connectivity index (χ1n) is 6.70. The molecule has 0 aliphatic rings. The van der Waals surface area contributed by atoms with Crippen molar-refractivity contribution in [3.63, 3.8) is 0 Å². The lowest BCUT2D eigenvalue weighted by molar-refractivity contribution is 0.579. The maximum absolute atomic E-state index is 12.1. The van der Waals surface area contributed by atoms with E-state index in [1.54, 1.807) is 0 Å². The van der Waals surface area contributed by atoms with Crippen molar-refractivity contribution < 1.29 is 4.42 Å². The monoisotopic (exact) mass is 268 g/mol. The van der Waals surface area contributed by atoms with Gasteiger partial charge in [0, 0.05) is 16.6 Å². The van der Waals surface area contributed by atoms with E-state index in [9.17, 15) is 4.79 Å². The van der Waals surface area contributed by atoms with Gasteiger partial charge in [-0.3, -0.25) is 4.79 Å². The largest absolute Gasteiger partial charge is 0.461 e. The van der Waals surface area contributed by atoms with Crippen molar-refractivity contribution in [1.29, 1.82) is 0 Å². The summed E-state index contributed by atoms with van der Waals surface area (Å²) in [6, 6.07) is 7.77. The predicted molar refractivity (Wildman–Crippen MR) is 78.9 cm³/mol. The number of H-pyrrole nitrogens is 1.